The lowest BCUT2D eigenvalue weighted by molar-refractivity contribution is 0.0720. The van der Waals surface area contributed by atoms with Crippen molar-refractivity contribution in [3.8, 4) is 5.88 Å². The second kappa shape index (κ2) is 4.20. The minimum absolute atomic E-state index is 0.393. The number of aromatic nitrogens is 5. The number of hydrogen-bond donors (Lipinski definition) is 0. The van der Waals surface area contributed by atoms with Crippen LogP contribution in [0.5, 0.6) is 5.88 Å². The smallest absolute Gasteiger partial charge is 0.344 e. The van der Waals surface area contributed by atoms with Gasteiger partial charge in [0.15, 0.2) is 0 Å². The maximum atomic E-state index is 12.0. The van der Waals surface area contributed by atoms with E-state index in [1.807, 2.05) is 0 Å². The molecule has 2 aromatic heterocycles. The highest BCUT2D eigenvalue weighted by atomic mass is 16.5. The van der Waals surface area contributed by atoms with Gasteiger partial charge in [0, 0.05) is 20.2 Å². The van der Waals surface area contributed by atoms with Gasteiger partial charge in [-0.3, -0.25) is 0 Å². The molecule has 0 unspecified atom stereocenters. The standard InChI is InChI=1S/C12H11N5O2/c1-16-10-4-3-8(7-9(10)14-15-16)12(18)19-11-5-6-13-17(11)2/h3-7H,1-2H3. The molecule has 0 saturated carbocycles. The quantitative estimate of drug-likeness (QED) is 0.638. The highest BCUT2D eigenvalue weighted by Crippen LogP contribution is 2.15. The van der Waals surface area contributed by atoms with Crippen molar-refractivity contribution in [2.45, 2.75) is 0 Å². The lowest BCUT2D eigenvalue weighted by Gasteiger charge is -2.03. The van der Waals surface area contributed by atoms with Gasteiger partial charge < -0.3 is 4.74 Å². The molecule has 0 aliphatic heterocycles. The summed E-state index contributed by atoms with van der Waals surface area (Å²) in [4.78, 5) is 12.0. The van der Waals surface area contributed by atoms with Crippen molar-refractivity contribution >= 4 is 17.0 Å². The highest BCUT2D eigenvalue weighted by Gasteiger charge is 2.12. The summed E-state index contributed by atoms with van der Waals surface area (Å²) in [6, 6.07) is 6.75. The van der Waals surface area contributed by atoms with Crippen LogP contribution in [0.15, 0.2) is 30.5 Å². The Morgan fingerprint density at radius 3 is 2.79 bits per heavy atom. The lowest BCUT2D eigenvalue weighted by atomic mass is 10.2. The number of rotatable bonds is 2. The molecule has 7 heteroatoms. The Morgan fingerprint density at radius 2 is 2.05 bits per heavy atom. The zero-order valence-corrected chi connectivity index (χ0v) is 10.4. The van der Waals surface area contributed by atoms with Crippen LogP contribution in [0, 0.1) is 0 Å². The summed E-state index contributed by atoms with van der Waals surface area (Å²) >= 11 is 0. The van der Waals surface area contributed by atoms with Crippen LogP contribution in [-0.4, -0.2) is 30.7 Å². The van der Waals surface area contributed by atoms with Crippen LogP contribution in [-0.2, 0) is 14.1 Å². The summed E-state index contributed by atoms with van der Waals surface area (Å²) in [5, 5.41) is 11.8. The Bertz CT molecular complexity index is 758. The Hall–Kier alpha value is -2.70. The zero-order chi connectivity index (χ0) is 13.4. The van der Waals surface area contributed by atoms with Gasteiger partial charge in [-0.25, -0.2) is 14.2 Å². The number of esters is 1. The molecule has 1 aromatic carbocycles. The van der Waals surface area contributed by atoms with Crippen LogP contribution >= 0.6 is 0 Å². The van der Waals surface area contributed by atoms with E-state index in [0.29, 0.717) is 17.0 Å². The number of aryl methyl sites for hydroxylation is 2. The molecule has 2 heterocycles. The van der Waals surface area contributed by atoms with E-state index in [-0.39, 0.29) is 0 Å². The Labute approximate surface area is 108 Å². The van der Waals surface area contributed by atoms with Gasteiger partial charge in [0.1, 0.15) is 5.52 Å². The zero-order valence-electron chi connectivity index (χ0n) is 10.4. The van der Waals surface area contributed by atoms with E-state index in [1.54, 1.807) is 49.2 Å². The molecule has 0 N–H and O–H groups in total. The number of ether oxygens (including phenoxy) is 1. The average molecular weight is 257 g/mol. The van der Waals surface area contributed by atoms with Crippen LogP contribution in [0.25, 0.3) is 11.0 Å². The average Bonchev–Trinajstić information content (AvgIpc) is 2.97. The number of fused-ring (bicyclic) bond motifs is 1. The molecular weight excluding hydrogens is 246 g/mol. The topological polar surface area (TPSA) is 74.8 Å². The van der Waals surface area contributed by atoms with E-state index >= 15 is 0 Å². The van der Waals surface area contributed by atoms with Gasteiger partial charge in [-0.1, -0.05) is 5.21 Å². The summed E-state index contributed by atoms with van der Waals surface area (Å²) < 4.78 is 8.36. The van der Waals surface area contributed by atoms with Crippen molar-refractivity contribution in [1.29, 1.82) is 0 Å². The first-order valence-electron chi connectivity index (χ1n) is 5.65. The number of benzene rings is 1. The second-order valence-corrected chi connectivity index (χ2v) is 4.10. The molecule has 0 atom stereocenters. The molecule has 3 aromatic rings. The summed E-state index contributed by atoms with van der Waals surface area (Å²) in [5.41, 5.74) is 1.94. The lowest BCUT2D eigenvalue weighted by Crippen LogP contribution is -2.11. The molecule has 0 spiro atoms. The molecule has 0 aliphatic carbocycles. The van der Waals surface area contributed by atoms with E-state index in [9.17, 15) is 4.79 Å². The maximum absolute atomic E-state index is 12.0. The van der Waals surface area contributed by atoms with Gasteiger partial charge in [-0.05, 0) is 18.2 Å². The molecule has 0 bridgehead atoms. The fraction of sp³-hybridized carbons (Fsp3) is 0.167. The number of hydrogen-bond acceptors (Lipinski definition) is 5. The third-order valence-electron chi connectivity index (χ3n) is 2.82. The predicted molar refractivity (Wildman–Crippen MR) is 66.7 cm³/mol. The molecule has 0 amide bonds. The van der Waals surface area contributed by atoms with Crippen molar-refractivity contribution in [3.05, 3.63) is 36.0 Å². The molecule has 0 fully saturated rings. The van der Waals surface area contributed by atoms with Crippen LogP contribution < -0.4 is 4.74 Å². The molecular formula is C12H11N5O2. The first-order valence-corrected chi connectivity index (χ1v) is 5.65. The van der Waals surface area contributed by atoms with Gasteiger partial charge in [0.2, 0.25) is 5.88 Å². The second-order valence-electron chi connectivity index (χ2n) is 4.10. The van der Waals surface area contributed by atoms with Gasteiger partial charge in [-0.15, -0.1) is 5.10 Å². The van der Waals surface area contributed by atoms with Crippen LogP contribution in [0.4, 0.5) is 0 Å². The first-order chi connectivity index (χ1) is 9.15. The summed E-state index contributed by atoms with van der Waals surface area (Å²) in [6.45, 7) is 0. The minimum Gasteiger partial charge on any atom is -0.404 e. The van der Waals surface area contributed by atoms with E-state index in [1.165, 1.54) is 4.68 Å². The van der Waals surface area contributed by atoms with Crippen LogP contribution in [0.3, 0.4) is 0 Å². The van der Waals surface area contributed by atoms with Crippen molar-refractivity contribution in [1.82, 2.24) is 24.8 Å². The highest BCUT2D eigenvalue weighted by molar-refractivity contribution is 5.94. The van der Waals surface area contributed by atoms with E-state index in [2.05, 4.69) is 15.4 Å². The largest absolute Gasteiger partial charge is 0.404 e. The number of carbonyl (C=O) groups excluding carboxylic acids is 1. The van der Waals surface area contributed by atoms with Crippen molar-refractivity contribution in [2.75, 3.05) is 0 Å². The first kappa shape index (κ1) is 11.4. The maximum Gasteiger partial charge on any atom is 0.344 e. The minimum atomic E-state index is -0.448. The van der Waals surface area contributed by atoms with Gasteiger partial charge >= 0.3 is 5.97 Å². The van der Waals surface area contributed by atoms with E-state index < -0.39 is 5.97 Å². The third kappa shape index (κ3) is 1.95. The normalized spacial score (nSPS) is 10.8. The molecule has 7 nitrogen and oxygen atoms in total. The number of carbonyl (C=O) groups is 1. The van der Waals surface area contributed by atoms with Crippen molar-refractivity contribution in [2.24, 2.45) is 14.1 Å². The van der Waals surface area contributed by atoms with Gasteiger partial charge in [0.25, 0.3) is 0 Å². The van der Waals surface area contributed by atoms with Crippen LogP contribution in [0.1, 0.15) is 10.4 Å². The fourth-order valence-corrected chi connectivity index (χ4v) is 1.78. The summed E-state index contributed by atoms with van der Waals surface area (Å²) in [5.74, 6) is -0.0552. The SMILES string of the molecule is Cn1nccc1OC(=O)c1ccc2c(c1)nnn2C. The van der Waals surface area contributed by atoms with Crippen molar-refractivity contribution in [3.63, 3.8) is 0 Å². The molecule has 19 heavy (non-hydrogen) atoms. The van der Waals surface area contributed by atoms with Crippen molar-refractivity contribution < 1.29 is 9.53 Å². The monoisotopic (exact) mass is 257 g/mol. The van der Waals surface area contributed by atoms with E-state index in [4.69, 9.17) is 4.74 Å². The fourth-order valence-electron chi connectivity index (χ4n) is 1.78. The number of nitrogens with zero attached hydrogens (tertiary/aromatic N) is 5. The van der Waals surface area contributed by atoms with Gasteiger partial charge in [0.05, 0.1) is 17.3 Å². The third-order valence-corrected chi connectivity index (χ3v) is 2.82. The van der Waals surface area contributed by atoms with E-state index in [0.717, 1.165) is 5.52 Å². The Balaban J connectivity index is 1.91. The van der Waals surface area contributed by atoms with Crippen LogP contribution in [0.2, 0.25) is 0 Å². The summed E-state index contributed by atoms with van der Waals surface area (Å²) in [7, 11) is 3.50. The summed E-state index contributed by atoms with van der Waals surface area (Å²) in [6.07, 6.45) is 1.56. The molecule has 0 radical (unpaired) electrons. The molecule has 96 valence electrons. The van der Waals surface area contributed by atoms with Gasteiger partial charge in [-0.2, -0.15) is 5.10 Å². The molecule has 0 aliphatic rings. The Kier molecular flexibility index (Phi) is 2.52. The molecule has 0 saturated heterocycles. The molecule has 3 rings (SSSR count). The predicted octanol–water partition coefficient (Wildman–Crippen LogP) is 0.921. The Morgan fingerprint density at radius 1 is 1.21 bits per heavy atom.